The van der Waals surface area contributed by atoms with Crippen molar-refractivity contribution in [1.29, 1.82) is 0 Å². The Morgan fingerprint density at radius 3 is 2.35 bits per heavy atom. The van der Waals surface area contributed by atoms with Crippen LogP contribution in [0.5, 0.6) is 0 Å². The first-order chi connectivity index (χ1) is 8.33. The van der Waals surface area contributed by atoms with Crippen LogP contribution in [0, 0.1) is 0 Å². The second kappa shape index (κ2) is 6.39. The first kappa shape index (κ1) is 12.9. The molecule has 2 rings (SSSR count). The van der Waals surface area contributed by atoms with Gasteiger partial charge in [0.15, 0.2) is 0 Å². The van der Waals surface area contributed by atoms with Crippen LogP contribution in [0.4, 0.5) is 0 Å². The second-order valence-electron chi connectivity index (χ2n) is 4.72. The quantitative estimate of drug-likeness (QED) is 0.895. The average Bonchev–Trinajstić information content (AvgIpc) is 2.62. The third kappa shape index (κ3) is 3.21. The van der Waals surface area contributed by atoms with Crippen molar-refractivity contribution in [2.45, 2.75) is 31.7 Å². The van der Waals surface area contributed by atoms with Crippen LogP contribution in [0.15, 0.2) is 24.3 Å². The Balaban J connectivity index is 2.17. The van der Waals surface area contributed by atoms with Crippen LogP contribution in [0.1, 0.15) is 37.3 Å². The van der Waals surface area contributed by atoms with Crippen LogP contribution in [0.2, 0.25) is 5.02 Å². The van der Waals surface area contributed by atoms with E-state index in [1.165, 1.54) is 31.2 Å². The molecule has 17 heavy (non-hydrogen) atoms. The highest BCUT2D eigenvalue weighted by molar-refractivity contribution is 6.31. The third-order valence-electron chi connectivity index (χ3n) is 3.57. The predicted octanol–water partition coefficient (Wildman–Crippen LogP) is 3.22. The van der Waals surface area contributed by atoms with E-state index >= 15 is 0 Å². The van der Waals surface area contributed by atoms with Crippen molar-refractivity contribution in [3.8, 4) is 0 Å². The SMILES string of the molecule is NC[C@@H](c1ccccc1Cl)N1CCCCCC1. The smallest absolute Gasteiger partial charge is 0.0485 e. The van der Waals surface area contributed by atoms with Crippen LogP contribution < -0.4 is 5.73 Å². The average molecular weight is 253 g/mol. The largest absolute Gasteiger partial charge is 0.329 e. The van der Waals surface area contributed by atoms with Crippen molar-refractivity contribution in [3.63, 3.8) is 0 Å². The minimum Gasteiger partial charge on any atom is -0.329 e. The summed E-state index contributed by atoms with van der Waals surface area (Å²) >= 11 is 6.28. The molecule has 0 spiro atoms. The number of rotatable bonds is 3. The monoisotopic (exact) mass is 252 g/mol. The lowest BCUT2D eigenvalue weighted by Crippen LogP contribution is -2.34. The number of nitrogens with zero attached hydrogens (tertiary/aromatic N) is 1. The fourth-order valence-corrected chi connectivity index (χ4v) is 2.89. The predicted molar refractivity (Wildman–Crippen MR) is 73.3 cm³/mol. The van der Waals surface area contributed by atoms with Crippen LogP contribution >= 0.6 is 11.6 Å². The summed E-state index contributed by atoms with van der Waals surface area (Å²) in [5, 5.41) is 0.840. The number of halogens is 1. The second-order valence-corrected chi connectivity index (χ2v) is 5.13. The fraction of sp³-hybridized carbons (Fsp3) is 0.571. The molecule has 1 aromatic carbocycles. The zero-order valence-corrected chi connectivity index (χ0v) is 11.0. The Labute approximate surface area is 109 Å². The van der Waals surface area contributed by atoms with Gasteiger partial charge in [-0.1, -0.05) is 42.6 Å². The van der Waals surface area contributed by atoms with Crippen LogP contribution in [0.3, 0.4) is 0 Å². The molecule has 0 radical (unpaired) electrons. The van der Waals surface area contributed by atoms with E-state index in [9.17, 15) is 0 Å². The molecule has 1 aliphatic heterocycles. The molecule has 1 saturated heterocycles. The minimum absolute atomic E-state index is 0.279. The van der Waals surface area contributed by atoms with Gasteiger partial charge in [-0.05, 0) is 37.6 Å². The van der Waals surface area contributed by atoms with Gasteiger partial charge in [-0.3, -0.25) is 4.90 Å². The number of benzene rings is 1. The molecule has 1 heterocycles. The van der Waals surface area contributed by atoms with E-state index < -0.39 is 0 Å². The molecule has 0 saturated carbocycles. The van der Waals surface area contributed by atoms with Crippen molar-refractivity contribution in [2.75, 3.05) is 19.6 Å². The van der Waals surface area contributed by atoms with Gasteiger partial charge in [0.05, 0.1) is 0 Å². The summed E-state index contributed by atoms with van der Waals surface area (Å²) in [6.45, 7) is 2.93. The number of hydrogen-bond donors (Lipinski definition) is 1. The molecule has 94 valence electrons. The number of likely N-dealkylation sites (tertiary alicyclic amines) is 1. The van der Waals surface area contributed by atoms with Gasteiger partial charge >= 0.3 is 0 Å². The van der Waals surface area contributed by atoms with Crippen LogP contribution in [0.25, 0.3) is 0 Å². The zero-order valence-electron chi connectivity index (χ0n) is 10.2. The van der Waals surface area contributed by atoms with Gasteiger partial charge in [0.25, 0.3) is 0 Å². The Morgan fingerprint density at radius 1 is 1.12 bits per heavy atom. The van der Waals surface area contributed by atoms with E-state index in [0.29, 0.717) is 6.54 Å². The highest BCUT2D eigenvalue weighted by Crippen LogP contribution is 2.28. The molecule has 0 unspecified atom stereocenters. The number of nitrogens with two attached hydrogens (primary N) is 1. The van der Waals surface area contributed by atoms with Crippen molar-refractivity contribution in [2.24, 2.45) is 5.73 Å². The van der Waals surface area contributed by atoms with Gasteiger partial charge in [0, 0.05) is 17.6 Å². The summed E-state index contributed by atoms with van der Waals surface area (Å²) in [6, 6.07) is 8.35. The molecule has 2 N–H and O–H groups in total. The molecule has 0 bridgehead atoms. The molecule has 1 aromatic rings. The fourth-order valence-electron chi connectivity index (χ4n) is 2.62. The lowest BCUT2D eigenvalue weighted by Gasteiger charge is -2.30. The van der Waals surface area contributed by atoms with Gasteiger partial charge < -0.3 is 5.73 Å². The summed E-state index contributed by atoms with van der Waals surface area (Å²) in [6.07, 6.45) is 5.24. The highest BCUT2D eigenvalue weighted by atomic mass is 35.5. The van der Waals surface area contributed by atoms with Crippen LogP contribution in [-0.4, -0.2) is 24.5 Å². The maximum Gasteiger partial charge on any atom is 0.0485 e. The van der Waals surface area contributed by atoms with E-state index in [4.69, 9.17) is 17.3 Å². The molecular formula is C14H21ClN2. The molecule has 1 atom stereocenters. The van der Waals surface area contributed by atoms with Crippen molar-refractivity contribution in [1.82, 2.24) is 4.90 Å². The maximum absolute atomic E-state index is 6.28. The van der Waals surface area contributed by atoms with Crippen molar-refractivity contribution < 1.29 is 0 Å². The number of hydrogen-bond acceptors (Lipinski definition) is 2. The van der Waals surface area contributed by atoms with Gasteiger partial charge in [-0.15, -0.1) is 0 Å². The zero-order chi connectivity index (χ0) is 12.1. The molecule has 0 aliphatic carbocycles. The summed E-state index contributed by atoms with van der Waals surface area (Å²) in [5.74, 6) is 0. The molecular weight excluding hydrogens is 232 g/mol. The Hall–Kier alpha value is -0.570. The van der Waals surface area contributed by atoms with Crippen molar-refractivity contribution >= 4 is 11.6 Å². The normalized spacial score (nSPS) is 19.9. The first-order valence-electron chi connectivity index (χ1n) is 6.51. The van der Waals surface area contributed by atoms with Crippen LogP contribution in [-0.2, 0) is 0 Å². The Bertz CT molecular complexity index is 346. The molecule has 2 nitrogen and oxygen atoms in total. The molecule has 3 heteroatoms. The third-order valence-corrected chi connectivity index (χ3v) is 3.91. The summed E-state index contributed by atoms with van der Waals surface area (Å²) < 4.78 is 0. The van der Waals surface area contributed by atoms with E-state index in [0.717, 1.165) is 18.1 Å². The molecule has 0 amide bonds. The van der Waals surface area contributed by atoms with Gasteiger partial charge in [0.2, 0.25) is 0 Å². The summed E-state index contributed by atoms with van der Waals surface area (Å²) in [7, 11) is 0. The van der Waals surface area contributed by atoms with E-state index in [1.807, 2.05) is 18.2 Å². The maximum atomic E-state index is 6.28. The topological polar surface area (TPSA) is 29.3 Å². The Kier molecular flexibility index (Phi) is 4.84. The van der Waals surface area contributed by atoms with E-state index in [2.05, 4.69) is 11.0 Å². The summed E-state index contributed by atoms with van der Waals surface area (Å²) in [5.41, 5.74) is 7.13. The van der Waals surface area contributed by atoms with Gasteiger partial charge in [-0.25, -0.2) is 0 Å². The minimum atomic E-state index is 0.279. The molecule has 1 aliphatic rings. The van der Waals surface area contributed by atoms with Gasteiger partial charge in [-0.2, -0.15) is 0 Å². The standard InChI is InChI=1S/C14H21ClN2/c15-13-8-4-3-7-12(13)14(11-16)17-9-5-1-2-6-10-17/h3-4,7-8,14H,1-2,5-6,9-11,16H2/t14-/m0/s1. The first-order valence-corrected chi connectivity index (χ1v) is 6.89. The lowest BCUT2D eigenvalue weighted by molar-refractivity contribution is 0.210. The molecule has 1 fully saturated rings. The highest BCUT2D eigenvalue weighted by Gasteiger charge is 2.21. The van der Waals surface area contributed by atoms with Crippen molar-refractivity contribution in [3.05, 3.63) is 34.9 Å². The van der Waals surface area contributed by atoms with Gasteiger partial charge in [0.1, 0.15) is 0 Å². The molecule has 0 aromatic heterocycles. The summed E-state index contributed by atoms with van der Waals surface area (Å²) in [4.78, 5) is 2.49. The lowest BCUT2D eigenvalue weighted by atomic mass is 10.0. The Morgan fingerprint density at radius 2 is 1.76 bits per heavy atom. The van der Waals surface area contributed by atoms with E-state index in [1.54, 1.807) is 0 Å². The van der Waals surface area contributed by atoms with E-state index in [-0.39, 0.29) is 6.04 Å².